The monoisotopic (exact) mass is 400 g/mol. The van der Waals surface area contributed by atoms with Crippen molar-refractivity contribution in [3.05, 3.63) is 71.0 Å². The highest BCUT2D eigenvalue weighted by Gasteiger charge is 2.64. The van der Waals surface area contributed by atoms with Crippen molar-refractivity contribution < 1.29 is 18.0 Å². The van der Waals surface area contributed by atoms with Gasteiger partial charge in [0, 0.05) is 19.5 Å². The van der Waals surface area contributed by atoms with Gasteiger partial charge < -0.3 is 4.90 Å². The summed E-state index contributed by atoms with van der Waals surface area (Å²) in [5, 5.41) is 0. The predicted molar refractivity (Wildman–Crippen MR) is 103 cm³/mol. The van der Waals surface area contributed by atoms with Crippen LogP contribution in [0.15, 0.2) is 48.5 Å². The van der Waals surface area contributed by atoms with E-state index in [4.69, 9.17) is 0 Å². The number of halogens is 3. The van der Waals surface area contributed by atoms with Crippen LogP contribution >= 0.6 is 0 Å². The predicted octanol–water partition coefficient (Wildman–Crippen LogP) is 4.03. The lowest BCUT2D eigenvalue weighted by Gasteiger charge is -2.40. The third-order valence-corrected chi connectivity index (χ3v) is 6.91. The number of alkyl halides is 2. The zero-order valence-electron chi connectivity index (χ0n) is 16.1. The van der Waals surface area contributed by atoms with Crippen LogP contribution in [0.5, 0.6) is 0 Å². The van der Waals surface area contributed by atoms with E-state index in [1.807, 2.05) is 24.3 Å². The van der Waals surface area contributed by atoms with Gasteiger partial charge in [-0.05, 0) is 48.2 Å². The number of fused-ring (bicyclic) bond motifs is 3. The maximum absolute atomic E-state index is 14.7. The quantitative estimate of drug-likeness (QED) is 0.777. The highest BCUT2D eigenvalue weighted by Crippen LogP contribution is 2.53. The zero-order chi connectivity index (χ0) is 20.2. The molecule has 0 radical (unpaired) electrons. The van der Waals surface area contributed by atoms with Gasteiger partial charge in [-0.1, -0.05) is 36.4 Å². The summed E-state index contributed by atoms with van der Waals surface area (Å²) in [6.07, 6.45) is 0.906. The van der Waals surface area contributed by atoms with E-state index in [1.54, 1.807) is 21.9 Å². The van der Waals surface area contributed by atoms with Crippen molar-refractivity contribution in [1.82, 2.24) is 9.80 Å². The Bertz CT molecular complexity index is 945. The average Bonchev–Trinajstić information content (AvgIpc) is 3.21. The first-order valence-electron chi connectivity index (χ1n) is 10.1. The number of carbonyl (C=O) groups is 1. The number of carbonyl (C=O) groups excluding carboxylic acids is 1. The lowest BCUT2D eigenvalue weighted by atomic mass is 9.77. The SMILES string of the molecule is O=C(C[C@@]12CCN(CC1(F)F)C2)N1CCc2ccccc2[C@@H]1c1ccc(F)cc1. The molecule has 1 amide bonds. The fourth-order valence-electron chi connectivity index (χ4n) is 5.34. The molecule has 3 aliphatic rings. The van der Waals surface area contributed by atoms with Crippen LogP contribution in [-0.4, -0.2) is 47.8 Å². The van der Waals surface area contributed by atoms with Gasteiger partial charge in [0.25, 0.3) is 5.92 Å². The van der Waals surface area contributed by atoms with E-state index in [-0.39, 0.29) is 37.3 Å². The number of hydrogen-bond acceptors (Lipinski definition) is 2. The van der Waals surface area contributed by atoms with Crippen LogP contribution in [0.1, 0.15) is 35.6 Å². The summed E-state index contributed by atoms with van der Waals surface area (Å²) in [4.78, 5) is 16.9. The molecule has 2 fully saturated rings. The molecule has 3 aliphatic heterocycles. The molecule has 0 aromatic heterocycles. The molecule has 2 aromatic rings. The number of amides is 1. The van der Waals surface area contributed by atoms with Crippen LogP contribution in [0.2, 0.25) is 0 Å². The van der Waals surface area contributed by atoms with Crippen molar-refractivity contribution >= 4 is 5.91 Å². The molecule has 6 heteroatoms. The standard InChI is InChI=1S/C23H23F3N2O/c24-18-7-5-17(6-8-18)21-19-4-2-1-3-16(19)9-11-28(21)20(29)13-22-10-12-27(14-22)15-23(22,25)26/h1-8,21H,9-15H2/t21-,22+/m0/s1. The van der Waals surface area contributed by atoms with Crippen molar-refractivity contribution in [2.24, 2.45) is 5.41 Å². The van der Waals surface area contributed by atoms with Gasteiger partial charge in [0.2, 0.25) is 5.91 Å². The largest absolute Gasteiger partial charge is 0.331 e. The van der Waals surface area contributed by atoms with Crippen LogP contribution in [-0.2, 0) is 11.2 Å². The molecule has 0 saturated carbocycles. The number of rotatable bonds is 3. The first-order chi connectivity index (χ1) is 13.9. The van der Waals surface area contributed by atoms with Crippen LogP contribution < -0.4 is 0 Å². The topological polar surface area (TPSA) is 23.6 Å². The Morgan fingerprint density at radius 1 is 1.03 bits per heavy atom. The van der Waals surface area contributed by atoms with Gasteiger partial charge in [-0.15, -0.1) is 0 Å². The van der Waals surface area contributed by atoms with Crippen molar-refractivity contribution in [3.63, 3.8) is 0 Å². The molecule has 5 rings (SSSR count). The van der Waals surface area contributed by atoms with E-state index in [9.17, 15) is 18.0 Å². The Morgan fingerprint density at radius 2 is 1.79 bits per heavy atom. The lowest BCUT2D eigenvalue weighted by molar-refractivity contribution is -0.146. The maximum Gasteiger partial charge on any atom is 0.267 e. The van der Waals surface area contributed by atoms with Crippen molar-refractivity contribution in [2.45, 2.75) is 31.2 Å². The molecule has 152 valence electrons. The summed E-state index contributed by atoms with van der Waals surface area (Å²) in [6.45, 7) is 1.15. The van der Waals surface area contributed by atoms with Crippen LogP contribution in [0.25, 0.3) is 0 Å². The van der Waals surface area contributed by atoms with Crippen molar-refractivity contribution in [1.29, 1.82) is 0 Å². The van der Waals surface area contributed by atoms with Crippen molar-refractivity contribution in [3.8, 4) is 0 Å². The second-order valence-electron chi connectivity index (χ2n) is 8.61. The minimum absolute atomic E-state index is 0.142. The van der Waals surface area contributed by atoms with E-state index in [0.717, 1.165) is 16.7 Å². The molecule has 0 aliphatic carbocycles. The first-order valence-corrected chi connectivity index (χ1v) is 10.1. The Morgan fingerprint density at radius 3 is 2.48 bits per heavy atom. The van der Waals surface area contributed by atoms with Gasteiger partial charge in [0.15, 0.2) is 0 Å². The van der Waals surface area contributed by atoms with Crippen molar-refractivity contribution in [2.75, 3.05) is 26.2 Å². The Balaban J connectivity index is 1.50. The fourth-order valence-corrected chi connectivity index (χ4v) is 5.34. The molecule has 3 nitrogen and oxygen atoms in total. The average molecular weight is 400 g/mol. The maximum atomic E-state index is 14.7. The third kappa shape index (κ3) is 2.96. The summed E-state index contributed by atoms with van der Waals surface area (Å²) >= 11 is 0. The molecule has 2 saturated heterocycles. The van der Waals surface area contributed by atoms with E-state index in [0.29, 0.717) is 25.9 Å². The smallest absolute Gasteiger partial charge is 0.267 e. The molecule has 0 N–H and O–H groups in total. The van der Waals surface area contributed by atoms with Gasteiger partial charge >= 0.3 is 0 Å². The minimum atomic E-state index is -2.83. The number of benzene rings is 2. The van der Waals surface area contributed by atoms with E-state index in [1.165, 1.54) is 12.1 Å². The van der Waals surface area contributed by atoms with Crippen LogP contribution in [0.3, 0.4) is 0 Å². The Labute approximate surface area is 168 Å². The zero-order valence-corrected chi connectivity index (χ0v) is 16.1. The number of nitrogens with zero attached hydrogens (tertiary/aromatic N) is 2. The van der Waals surface area contributed by atoms with Crippen LogP contribution in [0, 0.1) is 11.2 Å². The van der Waals surface area contributed by atoms with Crippen LogP contribution in [0.4, 0.5) is 13.2 Å². The Hall–Kier alpha value is -2.34. The summed E-state index contributed by atoms with van der Waals surface area (Å²) in [6, 6.07) is 13.6. The number of hydrogen-bond donors (Lipinski definition) is 0. The molecular weight excluding hydrogens is 377 g/mol. The van der Waals surface area contributed by atoms with E-state index in [2.05, 4.69) is 0 Å². The van der Waals surface area contributed by atoms with E-state index >= 15 is 0 Å². The molecule has 29 heavy (non-hydrogen) atoms. The lowest BCUT2D eigenvalue weighted by Crippen LogP contribution is -2.48. The summed E-state index contributed by atoms with van der Waals surface area (Å²) in [5.74, 6) is -3.41. The van der Waals surface area contributed by atoms with Gasteiger partial charge in [-0.3, -0.25) is 9.69 Å². The highest BCUT2D eigenvalue weighted by molar-refractivity contribution is 5.79. The fraction of sp³-hybridized carbons (Fsp3) is 0.435. The summed E-state index contributed by atoms with van der Waals surface area (Å²) in [5.41, 5.74) is 1.68. The first kappa shape index (κ1) is 18.7. The second-order valence-corrected chi connectivity index (χ2v) is 8.61. The number of piperidine rings is 1. The summed E-state index contributed by atoms with van der Waals surface area (Å²) < 4.78 is 42.8. The van der Waals surface area contributed by atoms with E-state index < -0.39 is 11.3 Å². The molecule has 2 bridgehead atoms. The minimum Gasteiger partial charge on any atom is -0.331 e. The van der Waals surface area contributed by atoms with Gasteiger partial charge in [0.1, 0.15) is 5.82 Å². The molecule has 0 spiro atoms. The summed E-state index contributed by atoms with van der Waals surface area (Å²) in [7, 11) is 0. The highest BCUT2D eigenvalue weighted by atomic mass is 19.3. The van der Waals surface area contributed by atoms with Gasteiger partial charge in [-0.25, -0.2) is 13.2 Å². The molecule has 2 aromatic carbocycles. The Kier molecular flexibility index (Phi) is 4.24. The third-order valence-electron chi connectivity index (χ3n) is 6.91. The van der Waals surface area contributed by atoms with Gasteiger partial charge in [0.05, 0.1) is 18.0 Å². The molecule has 3 atom stereocenters. The molecule has 3 heterocycles. The second kappa shape index (κ2) is 6.59. The molecule has 1 unspecified atom stereocenters. The normalized spacial score (nSPS) is 29.7. The molecular formula is C23H23F3N2O. The van der Waals surface area contributed by atoms with Gasteiger partial charge in [-0.2, -0.15) is 0 Å².